The third-order valence-electron chi connectivity index (χ3n) is 4.47. The fourth-order valence-corrected chi connectivity index (χ4v) is 5.73. The first-order valence-electron chi connectivity index (χ1n) is 8.54. The molecule has 0 aromatic heterocycles. The summed E-state index contributed by atoms with van der Waals surface area (Å²) < 4.78 is 28.0. The van der Waals surface area contributed by atoms with Crippen molar-refractivity contribution in [2.75, 3.05) is 18.4 Å². The highest BCUT2D eigenvalue weighted by Crippen LogP contribution is 2.38. The van der Waals surface area contributed by atoms with Crippen LogP contribution in [0.1, 0.15) is 25.0 Å². The lowest BCUT2D eigenvalue weighted by Crippen LogP contribution is -2.30. The smallest absolute Gasteiger partial charge is 0.256 e. The third-order valence-corrected chi connectivity index (χ3v) is 7.72. The van der Waals surface area contributed by atoms with Crippen LogP contribution in [0.2, 0.25) is 0 Å². The maximum Gasteiger partial charge on any atom is 0.256 e. The van der Waals surface area contributed by atoms with Gasteiger partial charge >= 0.3 is 0 Å². The molecule has 2 aromatic rings. The minimum Gasteiger partial charge on any atom is -0.506 e. The fourth-order valence-electron chi connectivity index (χ4n) is 3.02. The molecule has 0 bridgehead atoms. The van der Waals surface area contributed by atoms with Crippen LogP contribution in [0.25, 0.3) is 11.6 Å². The molecule has 0 aliphatic carbocycles. The Balaban J connectivity index is 2.11. The SMILES string of the molecule is CCN(CC)S(=O)(=O)c1ccc2c(c1)C(=Cc1cc(Br)c(O)c(Br)c1)C(=O)N2. The Labute approximate surface area is 180 Å². The number of carbonyl (C=O) groups is 1. The van der Waals surface area contributed by atoms with Crippen molar-refractivity contribution in [2.24, 2.45) is 0 Å². The van der Waals surface area contributed by atoms with Gasteiger partial charge in [-0.25, -0.2) is 8.42 Å². The molecule has 1 amide bonds. The lowest BCUT2D eigenvalue weighted by Gasteiger charge is -2.18. The summed E-state index contributed by atoms with van der Waals surface area (Å²) in [4.78, 5) is 12.6. The highest BCUT2D eigenvalue weighted by atomic mass is 79.9. The second-order valence-electron chi connectivity index (χ2n) is 6.14. The molecule has 0 radical (unpaired) electrons. The van der Waals surface area contributed by atoms with Crippen LogP contribution in [0.5, 0.6) is 5.75 Å². The van der Waals surface area contributed by atoms with Gasteiger partial charge in [0, 0.05) is 29.9 Å². The number of hydrogen-bond donors (Lipinski definition) is 2. The van der Waals surface area contributed by atoms with Gasteiger partial charge in [0.1, 0.15) is 5.75 Å². The van der Waals surface area contributed by atoms with Crippen LogP contribution < -0.4 is 5.32 Å². The summed E-state index contributed by atoms with van der Waals surface area (Å²) in [6, 6.07) is 7.98. The predicted molar refractivity (Wildman–Crippen MR) is 117 cm³/mol. The second kappa shape index (κ2) is 7.98. The van der Waals surface area contributed by atoms with Crippen LogP contribution in [0.3, 0.4) is 0 Å². The van der Waals surface area contributed by atoms with Crippen molar-refractivity contribution in [2.45, 2.75) is 18.7 Å². The van der Waals surface area contributed by atoms with Gasteiger partial charge in [-0.2, -0.15) is 4.31 Å². The Kier molecular flexibility index (Phi) is 6.00. The van der Waals surface area contributed by atoms with E-state index in [1.165, 1.54) is 16.4 Å². The summed E-state index contributed by atoms with van der Waals surface area (Å²) in [5.74, 6) is -0.251. The summed E-state index contributed by atoms with van der Waals surface area (Å²) in [6.45, 7) is 4.30. The number of benzene rings is 2. The third kappa shape index (κ3) is 3.76. The minimum atomic E-state index is -3.64. The van der Waals surface area contributed by atoms with Crippen LogP contribution >= 0.6 is 31.9 Å². The van der Waals surface area contributed by atoms with E-state index in [1.807, 2.05) is 0 Å². The van der Waals surface area contributed by atoms with Gasteiger partial charge in [0.2, 0.25) is 10.0 Å². The summed E-state index contributed by atoms with van der Waals surface area (Å²) in [5, 5.41) is 12.6. The molecule has 0 unspecified atom stereocenters. The van der Waals surface area contributed by atoms with Crippen molar-refractivity contribution in [3.63, 3.8) is 0 Å². The number of nitrogens with zero attached hydrogens (tertiary/aromatic N) is 1. The number of phenols is 1. The molecule has 0 atom stereocenters. The van der Waals surface area contributed by atoms with Gasteiger partial charge in [-0.15, -0.1) is 0 Å². The average molecular weight is 530 g/mol. The minimum absolute atomic E-state index is 0.0611. The van der Waals surface area contributed by atoms with Crippen molar-refractivity contribution in [1.29, 1.82) is 0 Å². The van der Waals surface area contributed by atoms with Crippen LogP contribution in [-0.2, 0) is 14.8 Å². The van der Waals surface area contributed by atoms with E-state index in [4.69, 9.17) is 0 Å². The van der Waals surface area contributed by atoms with Crippen LogP contribution in [0.4, 0.5) is 5.69 Å². The van der Waals surface area contributed by atoms with E-state index < -0.39 is 10.0 Å². The Morgan fingerprint density at radius 1 is 1.11 bits per heavy atom. The molecule has 0 saturated carbocycles. The lowest BCUT2D eigenvalue weighted by atomic mass is 10.0. The zero-order chi connectivity index (χ0) is 20.6. The molecule has 148 valence electrons. The van der Waals surface area contributed by atoms with E-state index >= 15 is 0 Å². The van der Waals surface area contributed by atoms with E-state index in [0.717, 1.165) is 0 Å². The maximum atomic E-state index is 12.8. The van der Waals surface area contributed by atoms with Crippen molar-refractivity contribution in [3.8, 4) is 5.75 Å². The Bertz CT molecular complexity index is 1070. The standard InChI is InChI=1S/C19H18Br2N2O4S/c1-3-23(4-2)28(26,27)12-5-6-17-13(10-12)14(19(25)22-17)7-11-8-15(20)18(24)16(21)9-11/h5-10,24H,3-4H2,1-2H3,(H,22,25). The number of nitrogens with one attached hydrogen (secondary N) is 1. The number of fused-ring (bicyclic) bond motifs is 1. The topological polar surface area (TPSA) is 86.7 Å². The van der Waals surface area contributed by atoms with Gasteiger partial charge in [-0.3, -0.25) is 4.79 Å². The molecule has 0 spiro atoms. The van der Waals surface area contributed by atoms with Gasteiger partial charge in [0.15, 0.2) is 0 Å². The van der Waals surface area contributed by atoms with Crippen LogP contribution in [0.15, 0.2) is 44.2 Å². The van der Waals surface area contributed by atoms with Gasteiger partial charge in [-0.1, -0.05) is 13.8 Å². The van der Waals surface area contributed by atoms with Gasteiger partial charge in [0.05, 0.1) is 13.8 Å². The Morgan fingerprint density at radius 2 is 1.71 bits per heavy atom. The number of sulfonamides is 1. The zero-order valence-electron chi connectivity index (χ0n) is 15.2. The van der Waals surface area contributed by atoms with Gasteiger partial charge in [0.25, 0.3) is 5.91 Å². The number of anilines is 1. The number of phenolic OH excluding ortho intramolecular Hbond substituents is 1. The van der Waals surface area contributed by atoms with E-state index in [1.54, 1.807) is 38.1 Å². The van der Waals surface area contributed by atoms with Crippen LogP contribution in [0, 0.1) is 0 Å². The molecule has 3 rings (SSSR count). The van der Waals surface area contributed by atoms with Crippen molar-refractivity contribution < 1.29 is 18.3 Å². The van der Waals surface area contributed by atoms with E-state index in [9.17, 15) is 18.3 Å². The quantitative estimate of drug-likeness (QED) is 0.560. The molecule has 2 aromatic carbocycles. The molecule has 0 fully saturated rings. The van der Waals surface area contributed by atoms with Crippen LogP contribution in [-0.4, -0.2) is 36.8 Å². The first-order chi connectivity index (χ1) is 13.2. The fraction of sp³-hybridized carbons (Fsp3) is 0.211. The molecule has 1 aliphatic heterocycles. The van der Waals surface area contributed by atoms with E-state index in [-0.39, 0.29) is 16.6 Å². The molecule has 1 heterocycles. The normalized spacial score (nSPS) is 15.2. The van der Waals surface area contributed by atoms with E-state index in [0.29, 0.717) is 44.4 Å². The molecule has 28 heavy (non-hydrogen) atoms. The van der Waals surface area contributed by atoms with E-state index in [2.05, 4.69) is 37.2 Å². The molecule has 0 saturated heterocycles. The maximum absolute atomic E-state index is 12.8. The number of amides is 1. The van der Waals surface area contributed by atoms with Crippen molar-refractivity contribution in [3.05, 3.63) is 50.4 Å². The highest BCUT2D eigenvalue weighted by molar-refractivity contribution is 9.11. The first-order valence-corrected chi connectivity index (χ1v) is 11.6. The second-order valence-corrected chi connectivity index (χ2v) is 9.79. The monoisotopic (exact) mass is 528 g/mol. The van der Waals surface area contributed by atoms with Gasteiger partial charge in [-0.05, 0) is 73.8 Å². The highest BCUT2D eigenvalue weighted by Gasteiger charge is 2.28. The number of hydrogen-bond acceptors (Lipinski definition) is 4. The summed E-state index contributed by atoms with van der Waals surface area (Å²) in [6.07, 6.45) is 1.66. The first kappa shape index (κ1) is 21.0. The lowest BCUT2D eigenvalue weighted by molar-refractivity contribution is -0.110. The summed E-state index contributed by atoms with van der Waals surface area (Å²) in [7, 11) is -3.64. The predicted octanol–water partition coefficient (Wildman–Crippen LogP) is 4.44. The average Bonchev–Trinajstić information content (AvgIpc) is 2.95. The molecular weight excluding hydrogens is 512 g/mol. The number of carbonyl (C=O) groups excluding carboxylic acids is 1. The Morgan fingerprint density at radius 3 is 2.29 bits per heavy atom. The Hall–Kier alpha value is -1.68. The largest absolute Gasteiger partial charge is 0.506 e. The molecule has 6 nitrogen and oxygen atoms in total. The van der Waals surface area contributed by atoms with Crippen molar-refractivity contribution >= 4 is 65.1 Å². The number of halogens is 2. The summed E-state index contributed by atoms with van der Waals surface area (Å²) >= 11 is 6.54. The van der Waals surface area contributed by atoms with Crippen molar-refractivity contribution in [1.82, 2.24) is 4.31 Å². The molecule has 2 N–H and O–H groups in total. The number of aromatic hydroxyl groups is 1. The molecule has 1 aliphatic rings. The zero-order valence-corrected chi connectivity index (χ0v) is 19.2. The number of rotatable bonds is 5. The summed E-state index contributed by atoms with van der Waals surface area (Å²) in [5.41, 5.74) is 2.12. The molecule has 9 heteroatoms. The molecular formula is C19H18Br2N2O4S. The van der Waals surface area contributed by atoms with Gasteiger partial charge < -0.3 is 10.4 Å².